The maximum Gasteiger partial charge on any atom is 0.354 e. The standard InChI is InChI=1S/C12H16N2O4/c1-2-18-6-5-11(15)14-8-9-3-4-10(12(16)17)13-7-9/h3-4,7H,2,5-6,8H2,1H3,(H,14,15)(H,16,17). The molecule has 1 aromatic heterocycles. The number of pyridine rings is 1. The van der Waals surface area contributed by atoms with Gasteiger partial charge in [-0.15, -0.1) is 0 Å². The fraction of sp³-hybridized carbons (Fsp3) is 0.417. The molecule has 1 aromatic rings. The number of nitrogens with one attached hydrogen (secondary N) is 1. The summed E-state index contributed by atoms with van der Waals surface area (Å²) in [5, 5.41) is 11.4. The van der Waals surface area contributed by atoms with Crippen molar-refractivity contribution in [3.63, 3.8) is 0 Å². The zero-order chi connectivity index (χ0) is 13.4. The summed E-state index contributed by atoms with van der Waals surface area (Å²) in [6.07, 6.45) is 1.75. The number of nitrogens with zero attached hydrogens (tertiary/aromatic N) is 1. The van der Waals surface area contributed by atoms with Crippen LogP contribution in [-0.4, -0.2) is 35.2 Å². The van der Waals surface area contributed by atoms with Gasteiger partial charge in [0.25, 0.3) is 0 Å². The smallest absolute Gasteiger partial charge is 0.354 e. The molecule has 0 aromatic carbocycles. The molecule has 6 nitrogen and oxygen atoms in total. The number of hydrogen-bond acceptors (Lipinski definition) is 4. The number of aromatic nitrogens is 1. The van der Waals surface area contributed by atoms with Gasteiger partial charge in [-0.3, -0.25) is 4.79 Å². The van der Waals surface area contributed by atoms with Crippen molar-refractivity contribution >= 4 is 11.9 Å². The van der Waals surface area contributed by atoms with E-state index in [1.54, 1.807) is 6.07 Å². The normalized spacial score (nSPS) is 10.1. The lowest BCUT2D eigenvalue weighted by molar-refractivity contribution is -0.122. The van der Waals surface area contributed by atoms with Gasteiger partial charge >= 0.3 is 5.97 Å². The van der Waals surface area contributed by atoms with E-state index in [4.69, 9.17) is 9.84 Å². The van der Waals surface area contributed by atoms with Crippen molar-refractivity contribution in [3.05, 3.63) is 29.6 Å². The minimum absolute atomic E-state index is 0.0126. The van der Waals surface area contributed by atoms with Crippen LogP contribution in [0.15, 0.2) is 18.3 Å². The van der Waals surface area contributed by atoms with Crippen LogP contribution in [0, 0.1) is 0 Å². The van der Waals surface area contributed by atoms with Gasteiger partial charge < -0.3 is 15.2 Å². The van der Waals surface area contributed by atoms with Gasteiger partial charge in [-0.1, -0.05) is 6.07 Å². The number of carbonyl (C=O) groups is 2. The van der Waals surface area contributed by atoms with Crippen molar-refractivity contribution in [2.24, 2.45) is 0 Å². The highest BCUT2D eigenvalue weighted by Crippen LogP contribution is 2.00. The Hall–Kier alpha value is -1.95. The molecule has 0 bridgehead atoms. The number of amides is 1. The van der Waals surface area contributed by atoms with Crippen LogP contribution in [0.1, 0.15) is 29.4 Å². The minimum Gasteiger partial charge on any atom is -0.477 e. The predicted molar refractivity (Wildman–Crippen MR) is 64.2 cm³/mol. The molecule has 0 unspecified atom stereocenters. The van der Waals surface area contributed by atoms with Gasteiger partial charge in [0, 0.05) is 25.8 Å². The highest BCUT2D eigenvalue weighted by Gasteiger charge is 2.04. The molecule has 0 fully saturated rings. The monoisotopic (exact) mass is 252 g/mol. The number of carboxylic acid groups (broad SMARTS) is 1. The van der Waals surface area contributed by atoms with Gasteiger partial charge in [0.05, 0.1) is 6.61 Å². The third-order valence-electron chi connectivity index (χ3n) is 2.21. The molecule has 0 spiro atoms. The summed E-state index contributed by atoms with van der Waals surface area (Å²) < 4.78 is 5.06. The Bertz CT molecular complexity index is 403. The molecule has 6 heteroatoms. The van der Waals surface area contributed by atoms with Gasteiger partial charge in [-0.25, -0.2) is 9.78 Å². The fourth-order valence-corrected chi connectivity index (χ4v) is 1.25. The van der Waals surface area contributed by atoms with Crippen LogP contribution in [0.2, 0.25) is 0 Å². The van der Waals surface area contributed by atoms with Crippen molar-refractivity contribution < 1.29 is 19.4 Å². The Morgan fingerprint density at radius 3 is 2.78 bits per heavy atom. The molecule has 0 aliphatic heterocycles. The first kappa shape index (κ1) is 14.1. The lowest BCUT2D eigenvalue weighted by Crippen LogP contribution is -2.24. The number of aromatic carboxylic acids is 1. The fourth-order valence-electron chi connectivity index (χ4n) is 1.25. The maximum atomic E-state index is 11.4. The van der Waals surface area contributed by atoms with Crippen LogP contribution in [-0.2, 0) is 16.1 Å². The average Bonchev–Trinajstić information content (AvgIpc) is 2.37. The van der Waals surface area contributed by atoms with Crippen molar-refractivity contribution in [2.75, 3.05) is 13.2 Å². The second-order valence-electron chi connectivity index (χ2n) is 3.58. The maximum absolute atomic E-state index is 11.4. The zero-order valence-electron chi connectivity index (χ0n) is 10.2. The number of rotatable bonds is 7. The van der Waals surface area contributed by atoms with Gasteiger partial charge in [0.2, 0.25) is 5.91 Å². The molecule has 0 atom stereocenters. The van der Waals surface area contributed by atoms with Crippen molar-refractivity contribution in [1.29, 1.82) is 0 Å². The first-order chi connectivity index (χ1) is 8.63. The number of hydrogen-bond donors (Lipinski definition) is 2. The molecule has 1 rings (SSSR count). The minimum atomic E-state index is -1.07. The molecule has 0 saturated carbocycles. The Balaban J connectivity index is 2.34. The highest BCUT2D eigenvalue weighted by molar-refractivity contribution is 5.85. The van der Waals surface area contributed by atoms with Gasteiger partial charge in [0.15, 0.2) is 0 Å². The van der Waals surface area contributed by atoms with E-state index in [9.17, 15) is 9.59 Å². The molecule has 18 heavy (non-hydrogen) atoms. The Labute approximate surface area is 105 Å². The molecule has 0 radical (unpaired) electrons. The first-order valence-electron chi connectivity index (χ1n) is 5.66. The summed E-state index contributed by atoms with van der Waals surface area (Å²) in [6, 6.07) is 3.03. The van der Waals surface area contributed by atoms with E-state index in [1.807, 2.05) is 6.92 Å². The van der Waals surface area contributed by atoms with Crippen LogP contribution in [0.25, 0.3) is 0 Å². The van der Waals surface area contributed by atoms with E-state index >= 15 is 0 Å². The molecule has 0 aliphatic rings. The Morgan fingerprint density at radius 2 is 2.22 bits per heavy atom. The van der Waals surface area contributed by atoms with Crippen LogP contribution in [0.5, 0.6) is 0 Å². The average molecular weight is 252 g/mol. The predicted octanol–water partition coefficient (Wildman–Crippen LogP) is 0.823. The summed E-state index contributed by atoms with van der Waals surface area (Å²) in [4.78, 5) is 25.7. The molecule has 1 amide bonds. The topological polar surface area (TPSA) is 88.5 Å². The summed E-state index contributed by atoms with van der Waals surface area (Å²) in [7, 11) is 0. The number of ether oxygens (including phenoxy) is 1. The van der Waals surface area contributed by atoms with Crippen molar-refractivity contribution in [2.45, 2.75) is 19.9 Å². The summed E-state index contributed by atoms with van der Waals surface area (Å²) in [5.41, 5.74) is 0.742. The Kier molecular flexibility index (Phi) is 5.79. The Morgan fingerprint density at radius 1 is 1.44 bits per heavy atom. The van der Waals surface area contributed by atoms with E-state index in [1.165, 1.54) is 12.3 Å². The summed E-state index contributed by atoms with van der Waals surface area (Å²) >= 11 is 0. The molecular weight excluding hydrogens is 236 g/mol. The third kappa shape index (κ3) is 4.92. The molecule has 0 saturated heterocycles. The molecule has 1 heterocycles. The van der Waals surface area contributed by atoms with Crippen LogP contribution < -0.4 is 5.32 Å². The second kappa shape index (κ2) is 7.39. The van der Waals surface area contributed by atoms with E-state index in [2.05, 4.69) is 10.3 Å². The largest absolute Gasteiger partial charge is 0.477 e. The molecular formula is C12H16N2O4. The van der Waals surface area contributed by atoms with Crippen LogP contribution >= 0.6 is 0 Å². The van der Waals surface area contributed by atoms with Gasteiger partial charge in [0.1, 0.15) is 5.69 Å². The number of carboxylic acids is 1. The highest BCUT2D eigenvalue weighted by atomic mass is 16.5. The summed E-state index contributed by atoms with van der Waals surface area (Å²) in [5.74, 6) is -1.17. The molecule has 2 N–H and O–H groups in total. The van der Waals surface area contributed by atoms with E-state index < -0.39 is 5.97 Å². The lowest BCUT2D eigenvalue weighted by Gasteiger charge is -2.05. The first-order valence-corrected chi connectivity index (χ1v) is 5.66. The SMILES string of the molecule is CCOCCC(=O)NCc1ccc(C(=O)O)nc1. The molecule has 0 aliphatic carbocycles. The van der Waals surface area contributed by atoms with E-state index in [0.717, 1.165) is 5.56 Å². The lowest BCUT2D eigenvalue weighted by atomic mass is 10.2. The quantitative estimate of drug-likeness (QED) is 0.701. The summed E-state index contributed by atoms with van der Waals surface area (Å²) in [6.45, 7) is 3.19. The van der Waals surface area contributed by atoms with Crippen LogP contribution in [0.4, 0.5) is 0 Å². The van der Waals surface area contributed by atoms with E-state index in [0.29, 0.717) is 26.2 Å². The third-order valence-corrected chi connectivity index (χ3v) is 2.21. The van der Waals surface area contributed by atoms with Crippen molar-refractivity contribution in [3.8, 4) is 0 Å². The van der Waals surface area contributed by atoms with Gasteiger partial charge in [-0.05, 0) is 18.6 Å². The number of carbonyl (C=O) groups excluding carboxylic acids is 1. The zero-order valence-corrected chi connectivity index (χ0v) is 10.2. The second-order valence-corrected chi connectivity index (χ2v) is 3.58. The van der Waals surface area contributed by atoms with Crippen LogP contribution in [0.3, 0.4) is 0 Å². The molecule has 98 valence electrons. The van der Waals surface area contributed by atoms with Crippen molar-refractivity contribution in [1.82, 2.24) is 10.3 Å². The van der Waals surface area contributed by atoms with Gasteiger partial charge in [-0.2, -0.15) is 0 Å². The van der Waals surface area contributed by atoms with E-state index in [-0.39, 0.29) is 11.6 Å².